The molecule has 1 amide bonds. The molecule has 10 heteroatoms. The number of aromatic nitrogens is 1. The highest BCUT2D eigenvalue weighted by molar-refractivity contribution is 6.38. The van der Waals surface area contributed by atoms with Gasteiger partial charge in [0.25, 0.3) is 5.91 Å². The number of aromatic hydroxyl groups is 1. The molecule has 1 aromatic carbocycles. The summed E-state index contributed by atoms with van der Waals surface area (Å²) in [5.41, 5.74) is 5.81. The smallest absolute Gasteiger partial charge is 0.273 e. The topological polar surface area (TPSA) is 86.7 Å². The lowest BCUT2D eigenvalue weighted by molar-refractivity contribution is 0.0960. The van der Waals surface area contributed by atoms with Crippen molar-refractivity contribution in [2.45, 2.75) is 0 Å². The first kappa shape index (κ1) is 18.3. The predicted molar refractivity (Wildman–Crippen MR) is 99.6 cm³/mol. The minimum atomic E-state index is -0.591. The number of anilines is 2. The Labute approximate surface area is 155 Å². The molecule has 3 rings (SSSR count). The molecule has 0 radical (unpaired) electrons. The number of benzene rings is 1. The third-order valence-corrected chi connectivity index (χ3v) is 4.18. The summed E-state index contributed by atoms with van der Waals surface area (Å²) in [6.45, 7) is 2.08. The van der Waals surface area contributed by atoms with Gasteiger partial charge in [-0.2, -0.15) is 0 Å². The van der Waals surface area contributed by atoms with E-state index in [1.807, 2.05) is 0 Å². The van der Waals surface area contributed by atoms with Gasteiger partial charge >= 0.3 is 0 Å². The Kier molecular flexibility index (Phi) is 5.48. The lowest BCUT2D eigenvalue weighted by Crippen LogP contribution is -2.37. The fourth-order valence-electron chi connectivity index (χ4n) is 2.59. The van der Waals surface area contributed by atoms with Crippen molar-refractivity contribution in [3.8, 4) is 5.75 Å². The molecule has 0 aliphatic carbocycles. The highest BCUT2D eigenvalue weighted by atomic mass is 35.5. The number of carbonyl (C=O) groups is 1. The Bertz CT molecular complexity index is 833. The normalized spacial score (nSPS) is 14.2. The van der Waals surface area contributed by atoms with Crippen LogP contribution in [0.2, 0.25) is 5.02 Å². The third-order valence-electron chi connectivity index (χ3n) is 3.89. The lowest BCUT2D eigenvalue weighted by atomic mass is 9.94. The lowest BCUT2D eigenvalue weighted by Gasteiger charge is -2.28. The summed E-state index contributed by atoms with van der Waals surface area (Å²) >= 11 is 5.88. The SMILES string of the molecule is Bc1cc(Cl)c(O)c(C(=O)NNc2ccc(F)c(N3CCOCC3)n2)c1. The van der Waals surface area contributed by atoms with Gasteiger partial charge in [0.05, 0.1) is 23.8 Å². The number of ether oxygens (including phenoxy) is 1. The van der Waals surface area contributed by atoms with Gasteiger partial charge in [-0.3, -0.25) is 15.6 Å². The summed E-state index contributed by atoms with van der Waals surface area (Å²) in [6, 6.07) is 5.74. The number of carbonyl (C=O) groups excluding carboxylic acids is 1. The molecule has 0 spiro atoms. The standard InChI is InChI=1S/C16H17BClFN4O3/c17-9-7-10(14(24)11(18)8-9)16(25)22-21-13-2-1-12(19)15(20-13)23-3-5-26-6-4-23/h1-2,7-8,24H,3-6,17H2,(H,20,21)(H,22,25). The molecule has 2 heterocycles. The van der Waals surface area contributed by atoms with Crippen LogP contribution in [0.3, 0.4) is 0 Å². The van der Waals surface area contributed by atoms with Crippen molar-refractivity contribution < 1.29 is 19.0 Å². The first-order chi connectivity index (χ1) is 12.5. The van der Waals surface area contributed by atoms with Crippen molar-refractivity contribution in [3.05, 3.63) is 40.7 Å². The minimum absolute atomic E-state index is 0.0259. The van der Waals surface area contributed by atoms with E-state index in [9.17, 15) is 14.3 Å². The average molecular weight is 379 g/mol. The second kappa shape index (κ2) is 7.80. The zero-order chi connectivity index (χ0) is 18.7. The van der Waals surface area contributed by atoms with Crippen LogP contribution in [-0.4, -0.2) is 50.1 Å². The van der Waals surface area contributed by atoms with Crippen molar-refractivity contribution in [1.82, 2.24) is 10.4 Å². The van der Waals surface area contributed by atoms with E-state index in [0.717, 1.165) is 5.46 Å². The Balaban J connectivity index is 1.73. The summed E-state index contributed by atoms with van der Waals surface area (Å²) in [5.74, 6) is -0.898. The second-order valence-electron chi connectivity index (χ2n) is 5.82. The predicted octanol–water partition coefficient (Wildman–Crippen LogP) is 0.432. The number of pyridine rings is 1. The van der Waals surface area contributed by atoms with Gasteiger partial charge in [-0.05, 0) is 18.2 Å². The van der Waals surface area contributed by atoms with Crippen molar-refractivity contribution in [3.63, 3.8) is 0 Å². The highest BCUT2D eigenvalue weighted by Crippen LogP contribution is 2.26. The van der Waals surface area contributed by atoms with Crippen LogP contribution >= 0.6 is 11.6 Å². The van der Waals surface area contributed by atoms with E-state index in [0.29, 0.717) is 26.3 Å². The van der Waals surface area contributed by atoms with E-state index in [2.05, 4.69) is 15.8 Å². The van der Waals surface area contributed by atoms with Crippen LogP contribution in [0.1, 0.15) is 10.4 Å². The van der Waals surface area contributed by atoms with Crippen LogP contribution in [0, 0.1) is 5.82 Å². The molecular weight excluding hydrogens is 361 g/mol. The third kappa shape index (κ3) is 4.00. The molecule has 1 aromatic heterocycles. The number of hydrazine groups is 1. The number of hydrogen-bond acceptors (Lipinski definition) is 6. The maximum Gasteiger partial charge on any atom is 0.273 e. The molecule has 1 saturated heterocycles. The summed E-state index contributed by atoms with van der Waals surface area (Å²) in [7, 11) is 1.76. The Morgan fingerprint density at radius 3 is 2.81 bits per heavy atom. The Morgan fingerprint density at radius 1 is 1.35 bits per heavy atom. The number of nitrogens with zero attached hydrogens (tertiary/aromatic N) is 2. The van der Waals surface area contributed by atoms with Gasteiger partial charge in [0.2, 0.25) is 0 Å². The van der Waals surface area contributed by atoms with Crippen molar-refractivity contribution in [2.24, 2.45) is 0 Å². The molecular formula is C16H17BClFN4O3. The van der Waals surface area contributed by atoms with Crippen molar-refractivity contribution in [1.29, 1.82) is 0 Å². The summed E-state index contributed by atoms with van der Waals surface area (Å²) in [5, 5.41) is 10.0. The molecule has 3 N–H and O–H groups in total. The maximum atomic E-state index is 14.1. The number of nitrogens with one attached hydrogen (secondary N) is 2. The first-order valence-electron chi connectivity index (χ1n) is 8.00. The van der Waals surface area contributed by atoms with E-state index in [4.69, 9.17) is 16.3 Å². The van der Waals surface area contributed by atoms with Gasteiger partial charge in [0.15, 0.2) is 11.6 Å². The number of morpholine rings is 1. The minimum Gasteiger partial charge on any atom is -0.506 e. The number of hydrogen-bond donors (Lipinski definition) is 3. The molecule has 2 aromatic rings. The summed E-state index contributed by atoms with van der Waals surface area (Å²) in [6.07, 6.45) is 0. The van der Waals surface area contributed by atoms with E-state index in [-0.39, 0.29) is 28.0 Å². The van der Waals surface area contributed by atoms with Gasteiger partial charge in [-0.15, -0.1) is 0 Å². The summed E-state index contributed by atoms with van der Waals surface area (Å²) in [4.78, 5) is 18.3. The van der Waals surface area contributed by atoms with E-state index in [1.165, 1.54) is 18.2 Å². The van der Waals surface area contributed by atoms with Gasteiger partial charge in [-0.1, -0.05) is 23.1 Å². The molecule has 26 heavy (non-hydrogen) atoms. The van der Waals surface area contributed by atoms with E-state index < -0.39 is 11.7 Å². The average Bonchev–Trinajstić information content (AvgIpc) is 2.64. The fourth-order valence-corrected chi connectivity index (χ4v) is 2.87. The molecule has 7 nitrogen and oxygen atoms in total. The molecule has 136 valence electrons. The molecule has 0 unspecified atom stereocenters. The van der Waals surface area contributed by atoms with E-state index in [1.54, 1.807) is 18.8 Å². The molecule has 0 atom stereocenters. The van der Waals surface area contributed by atoms with Crippen LogP contribution in [0.5, 0.6) is 5.75 Å². The number of amides is 1. The first-order valence-corrected chi connectivity index (χ1v) is 8.38. The Hall–Kier alpha value is -2.52. The quantitative estimate of drug-likeness (QED) is 0.528. The zero-order valence-electron chi connectivity index (χ0n) is 14.1. The molecule has 1 aliphatic heterocycles. The van der Waals surface area contributed by atoms with Crippen LogP contribution in [0.4, 0.5) is 16.0 Å². The van der Waals surface area contributed by atoms with Crippen LogP contribution < -0.4 is 21.2 Å². The van der Waals surface area contributed by atoms with Crippen molar-refractivity contribution in [2.75, 3.05) is 36.6 Å². The van der Waals surface area contributed by atoms with Crippen molar-refractivity contribution >= 4 is 42.5 Å². The monoisotopic (exact) mass is 378 g/mol. The van der Waals surface area contributed by atoms with E-state index >= 15 is 0 Å². The zero-order valence-corrected chi connectivity index (χ0v) is 14.8. The van der Waals surface area contributed by atoms with Gasteiger partial charge in [-0.25, -0.2) is 9.37 Å². The largest absolute Gasteiger partial charge is 0.506 e. The van der Waals surface area contributed by atoms with Gasteiger partial charge < -0.3 is 14.7 Å². The van der Waals surface area contributed by atoms with Crippen LogP contribution in [0.25, 0.3) is 0 Å². The fraction of sp³-hybridized carbons (Fsp3) is 0.250. The molecule has 1 aliphatic rings. The maximum absolute atomic E-state index is 14.1. The second-order valence-corrected chi connectivity index (χ2v) is 6.23. The number of halogens is 2. The summed E-state index contributed by atoms with van der Waals surface area (Å²) < 4.78 is 19.3. The number of rotatable bonds is 4. The molecule has 1 fully saturated rings. The van der Waals surface area contributed by atoms with Gasteiger partial charge in [0, 0.05) is 13.1 Å². The highest BCUT2D eigenvalue weighted by Gasteiger charge is 2.18. The van der Waals surface area contributed by atoms with Crippen LogP contribution in [-0.2, 0) is 4.74 Å². The number of phenolic OH excluding ortho intramolecular Hbond substituents is 1. The van der Waals surface area contributed by atoms with Gasteiger partial charge in [0.1, 0.15) is 19.4 Å². The number of phenols is 1. The molecule has 0 saturated carbocycles. The molecule has 0 bridgehead atoms. The van der Waals surface area contributed by atoms with Crippen LogP contribution in [0.15, 0.2) is 24.3 Å². The Morgan fingerprint density at radius 2 is 2.08 bits per heavy atom.